The van der Waals surface area contributed by atoms with E-state index in [0.29, 0.717) is 34.8 Å². The molecule has 0 unspecified atom stereocenters. The van der Waals surface area contributed by atoms with E-state index in [4.69, 9.17) is 23.1 Å². The van der Waals surface area contributed by atoms with Crippen molar-refractivity contribution in [1.82, 2.24) is 5.32 Å². The van der Waals surface area contributed by atoms with Crippen LogP contribution in [0.5, 0.6) is 0 Å². The van der Waals surface area contributed by atoms with Crippen LogP contribution in [0.2, 0.25) is 5.02 Å². The molecule has 30 heavy (non-hydrogen) atoms. The predicted molar refractivity (Wildman–Crippen MR) is 119 cm³/mol. The van der Waals surface area contributed by atoms with Crippen LogP contribution in [0.15, 0.2) is 24.3 Å². The molecule has 0 fully saturated rings. The number of hydrogen-bond acceptors (Lipinski definition) is 5. The van der Waals surface area contributed by atoms with Crippen LogP contribution >= 0.6 is 22.9 Å². The number of rotatable bonds is 10. The second-order valence-electron chi connectivity index (χ2n) is 7.25. The third-order valence-electron chi connectivity index (χ3n) is 4.34. The largest absolute Gasteiger partial charge is 0.480 e. The van der Waals surface area contributed by atoms with Gasteiger partial charge in [-0.15, -0.1) is 11.3 Å². The highest BCUT2D eigenvalue weighted by Crippen LogP contribution is 2.38. The Labute approximate surface area is 183 Å². The molecule has 1 aromatic heterocycles. The second-order valence-corrected chi connectivity index (χ2v) is 8.71. The summed E-state index contributed by atoms with van der Waals surface area (Å²) >= 11 is 7.58. The molecule has 0 radical (unpaired) electrons. The standard InChI is InChI=1S/C20H25ClN4O4S/c1-10(2)7-15(19(27)28)24-6-5-11-3-4-12(14(21)8-11)16-9-13(17(22)26)18(30-16)25-20(23)29/h3-4,8-10,15,24H,5-7H2,1-2H3,(H2,22,26)(H,27,28)(H3,23,25,29)/t15-/m0/s1. The van der Waals surface area contributed by atoms with Crippen molar-refractivity contribution in [1.29, 1.82) is 0 Å². The van der Waals surface area contributed by atoms with Crippen molar-refractivity contribution in [2.24, 2.45) is 17.4 Å². The molecule has 8 nitrogen and oxygen atoms in total. The molecule has 0 aliphatic carbocycles. The molecule has 162 valence electrons. The zero-order valence-electron chi connectivity index (χ0n) is 16.7. The zero-order valence-corrected chi connectivity index (χ0v) is 18.3. The Kier molecular flexibility index (Phi) is 8.22. The summed E-state index contributed by atoms with van der Waals surface area (Å²) in [5, 5.41) is 15.5. The van der Waals surface area contributed by atoms with Crippen LogP contribution in [-0.4, -0.2) is 35.6 Å². The number of hydrogen-bond donors (Lipinski definition) is 5. The number of carbonyl (C=O) groups excluding carboxylic acids is 2. The number of carboxylic acid groups (broad SMARTS) is 1. The van der Waals surface area contributed by atoms with Crippen molar-refractivity contribution in [3.63, 3.8) is 0 Å². The number of carboxylic acids is 1. The van der Waals surface area contributed by atoms with E-state index in [-0.39, 0.29) is 16.5 Å². The Morgan fingerprint density at radius 1 is 1.20 bits per heavy atom. The van der Waals surface area contributed by atoms with E-state index in [9.17, 15) is 19.5 Å². The number of anilines is 1. The quantitative estimate of drug-likeness (QED) is 0.375. The smallest absolute Gasteiger partial charge is 0.320 e. The molecular formula is C20H25ClN4O4S. The van der Waals surface area contributed by atoms with E-state index in [1.54, 1.807) is 12.1 Å². The molecule has 2 aromatic rings. The van der Waals surface area contributed by atoms with E-state index < -0.39 is 23.9 Å². The van der Waals surface area contributed by atoms with Gasteiger partial charge in [-0.25, -0.2) is 4.79 Å². The van der Waals surface area contributed by atoms with E-state index >= 15 is 0 Å². The minimum Gasteiger partial charge on any atom is -0.480 e. The third-order valence-corrected chi connectivity index (χ3v) is 5.74. The molecule has 0 aliphatic rings. The molecule has 10 heteroatoms. The Morgan fingerprint density at radius 3 is 2.43 bits per heavy atom. The summed E-state index contributed by atoms with van der Waals surface area (Å²) in [5.41, 5.74) is 12.3. The van der Waals surface area contributed by atoms with Gasteiger partial charge < -0.3 is 21.9 Å². The van der Waals surface area contributed by atoms with Gasteiger partial charge in [0.15, 0.2) is 0 Å². The molecule has 1 atom stereocenters. The molecule has 7 N–H and O–H groups in total. The van der Waals surface area contributed by atoms with Crippen molar-refractivity contribution in [2.45, 2.75) is 32.7 Å². The molecule has 0 spiro atoms. The minimum atomic E-state index is -0.861. The molecule has 1 heterocycles. The van der Waals surface area contributed by atoms with Gasteiger partial charge in [-0.2, -0.15) is 0 Å². The molecule has 0 aliphatic heterocycles. The lowest BCUT2D eigenvalue weighted by Crippen LogP contribution is -2.38. The second kappa shape index (κ2) is 10.4. The number of aliphatic carboxylic acids is 1. The maximum atomic E-state index is 11.6. The summed E-state index contributed by atoms with van der Waals surface area (Å²) in [6, 6.07) is 5.66. The van der Waals surface area contributed by atoms with E-state index in [1.807, 2.05) is 26.0 Å². The Bertz CT molecular complexity index is 945. The SMILES string of the molecule is CC(C)C[C@H](NCCc1ccc(-c2cc(C(N)=O)c(NC(N)=O)s2)c(Cl)c1)C(=O)O. The van der Waals surface area contributed by atoms with Gasteiger partial charge >= 0.3 is 12.0 Å². The topological polar surface area (TPSA) is 148 Å². The highest BCUT2D eigenvalue weighted by atomic mass is 35.5. The van der Waals surface area contributed by atoms with Crippen molar-refractivity contribution in [3.05, 3.63) is 40.4 Å². The summed E-state index contributed by atoms with van der Waals surface area (Å²) in [6.45, 7) is 4.46. The Morgan fingerprint density at radius 2 is 1.90 bits per heavy atom. The first-order chi connectivity index (χ1) is 14.1. The molecule has 0 saturated carbocycles. The molecular weight excluding hydrogens is 428 g/mol. The van der Waals surface area contributed by atoms with Crippen molar-refractivity contribution in [2.75, 3.05) is 11.9 Å². The third kappa shape index (κ3) is 6.45. The number of urea groups is 1. The van der Waals surface area contributed by atoms with E-state index in [0.717, 1.165) is 16.9 Å². The van der Waals surface area contributed by atoms with Crippen molar-refractivity contribution in [3.8, 4) is 10.4 Å². The number of primary amides is 2. The van der Waals surface area contributed by atoms with Gasteiger partial charge in [0.1, 0.15) is 11.0 Å². The Hall–Kier alpha value is -2.62. The molecule has 1 aromatic carbocycles. The number of thiophene rings is 1. The maximum absolute atomic E-state index is 11.6. The van der Waals surface area contributed by atoms with Crippen LogP contribution in [0.1, 0.15) is 36.2 Å². The number of benzene rings is 1. The maximum Gasteiger partial charge on any atom is 0.320 e. The summed E-state index contributed by atoms with van der Waals surface area (Å²) in [4.78, 5) is 34.8. The lowest BCUT2D eigenvalue weighted by molar-refractivity contribution is -0.139. The van der Waals surface area contributed by atoms with Crippen LogP contribution in [0.25, 0.3) is 10.4 Å². The van der Waals surface area contributed by atoms with Crippen LogP contribution in [-0.2, 0) is 11.2 Å². The lowest BCUT2D eigenvalue weighted by Gasteiger charge is -2.16. The van der Waals surface area contributed by atoms with Crippen LogP contribution < -0.4 is 22.1 Å². The number of amides is 3. The summed E-state index contributed by atoms with van der Waals surface area (Å²) < 4.78 is 0. The average Bonchev–Trinajstić information content (AvgIpc) is 3.03. The van der Waals surface area contributed by atoms with E-state index in [2.05, 4.69) is 10.6 Å². The van der Waals surface area contributed by atoms with Gasteiger partial charge in [0, 0.05) is 15.5 Å². The highest BCUT2D eigenvalue weighted by molar-refractivity contribution is 7.20. The first-order valence-electron chi connectivity index (χ1n) is 9.33. The fourth-order valence-corrected chi connectivity index (χ4v) is 4.43. The van der Waals surface area contributed by atoms with Crippen LogP contribution in [0.3, 0.4) is 0 Å². The normalized spacial score (nSPS) is 12.0. The number of halogens is 1. The first-order valence-corrected chi connectivity index (χ1v) is 10.5. The monoisotopic (exact) mass is 452 g/mol. The fraction of sp³-hybridized carbons (Fsp3) is 0.350. The molecule has 3 amide bonds. The highest BCUT2D eigenvalue weighted by Gasteiger charge is 2.19. The molecule has 2 rings (SSSR count). The summed E-state index contributed by atoms with van der Waals surface area (Å²) in [5.74, 6) is -1.27. The van der Waals surface area contributed by atoms with Crippen molar-refractivity contribution >= 4 is 45.8 Å². The zero-order chi connectivity index (χ0) is 22.4. The number of carbonyl (C=O) groups is 3. The summed E-state index contributed by atoms with van der Waals surface area (Å²) in [6.07, 6.45) is 1.16. The average molecular weight is 453 g/mol. The van der Waals surface area contributed by atoms with Gasteiger partial charge in [-0.05, 0) is 43.0 Å². The van der Waals surface area contributed by atoms with Gasteiger partial charge in [0.25, 0.3) is 5.91 Å². The number of nitrogens with two attached hydrogens (primary N) is 2. The lowest BCUT2D eigenvalue weighted by atomic mass is 10.0. The van der Waals surface area contributed by atoms with Gasteiger partial charge in [-0.3, -0.25) is 14.9 Å². The first kappa shape index (κ1) is 23.7. The molecule has 0 bridgehead atoms. The van der Waals surface area contributed by atoms with Gasteiger partial charge in [0.2, 0.25) is 0 Å². The fourth-order valence-electron chi connectivity index (χ4n) is 2.96. The minimum absolute atomic E-state index is 0.156. The van der Waals surface area contributed by atoms with E-state index in [1.165, 1.54) is 0 Å². The van der Waals surface area contributed by atoms with Gasteiger partial charge in [-0.1, -0.05) is 37.6 Å². The van der Waals surface area contributed by atoms with Crippen LogP contribution in [0, 0.1) is 5.92 Å². The predicted octanol–water partition coefficient (Wildman–Crippen LogP) is 3.29. The Balaban J connectivity index is 2.13. The van der Waals surface area contributed by atoms with Crippen LogP contribution in [0.4, 0.5) is 9.80 Å². The molecule has 0 saturated heterocycles. The van der Waals surface area contributed by atoms with Crippen molar-refractivity contribution < 1.29 is 19.5 Å². The van der Waals surface area contributed by atoms with Gasteiger partial charge in [0.05, 0.1) is 5.56 Å². The summed E-state index contributed by atoms with van der Waals surface area (Å²) in [7, 11) is 0. The number of nitrogens with one attached hydrogen (secondary N) is 2.